The van der Waals surface area contributed by atoms with E-state index >= 15 is 0 Å². The second-order valence-electron chi connectivity index (χ2n) is 6.07. The predicted molar refractivity (Wildman–Crippen MR) is 105 cm³/mol. The highest BCUT2D eigenvalue weighted by Crippen LogP contribution is 2.27. The third kappa shape index (κ3) is 4.47. The molecule has 130 valence electrons. The summed E-state index contributed by atoms with van der Waals surface area (Å²) in [6.07, 6.45) is 1.08. The monoisotopic (exact) mass is 352 g/mol. The third-order valence-corrected chi connectivity index (χ3v) is 5.29. The van der Waals surface area contributed by atoms with E-state index in [0.29, 0.717) is 6.04 Å². The summed E-state index contributed by atoms with van der Waals surface area (Å²) < 4.78 is 5.29. The molecule has 0 amide bonds. The van der Waals surface area contributed by atoms with Gasteiger partial charge in [-0.1, -0.05) is 43.3 Å². The topological polar surface area (TPSA) is 34.1 Å². The van der Waals surface area contributed by atoms with Crippen molar-refractivity contribution in [3.8, 4) is 16.3 Å². The fourth-order valence-corrected chi connectivity index (χ4v) is 3.51. The van der Waals surface area contributed by atoms with Gasteiger partial charge in [0.05, 0.1) is 12.8 Å². The maximum Gasteiger partial charge on any atom is 0.123 e. The van der Waals surface area contributed by atoms with Crippen LogP contribution in [0.15, 0.2) is 53.9 Å². The molecule has 0 bridgehead atoms. The van der Waals surface area contributed by atoms with Gasteiger partial charge in [0, 0.05) is 23.5 Å². The van der Waals surface area contributed by atoms with Gasteiger partial charge in [-0.25, -0.2) is 4.98 Å². The van der Waals surface area contributed by atoms with Gasteiger partial charge in [0.1, 0.15) is 10.8 Å². The Morgan fingerprint density at radius 2 is 1.96 bits per heavy atom. The Morgan fingerprint density at radius 1 is 1.16 bits per heavy atom. The van der Waals surface area contributed by atoms with Gasteiger partial charge in [-0.3, -0.25) is 0 Å². The zero-order valence-electron chi connectivity index (χ0n) is 15.0. The third-order valence-electron chi connectivity index (χ3n) is 4.35. The maximum absolute atomic E-state index is 5.29. The molecule has 1 N–H and O–H groups in total. The lowest BCUT2D eigenvalue weighted by atomic mass is 10.1. The van der Waals surface area contributed by atoms with Gasteiger partial charge in [0.2, 0.25) is 0 Å². The Hall–Kier alpha value is -2.17. The highest BCUT2D eigenvalue weighted by atomic mass is 32.1. The van der Waals surface area contributed by atoms with Gasteiger partial charge < -0.3 is 10.1 Å². The van der Waals surface area contributed by atoms with Crippen molar-refractivity contribution in [3.63, 3.8) is 0 Å². The van der Waals surface area contributed by atoms with Crippen LogP contribution >= 0.6 is 11.3 Å². The molecule has 2 aromatic carbocycles. The number of rotatable bonds is 7. The lowest BCUT2D eigenvalue weighted by Crippen LogP contribution is -2.18. The molecular formula is C21H24N2OS. The van der Waals surface area contributed by atoms with Crippen molar-refractivity contribution in [2.24, 2.45) is 0 Å². The molecule has 0 fully saturated rings. The van der Waals surface area contributed by atoms with Crippen LogP contribution < -0.4 is 10.1 Å². The van der Waals surface area contributed by atoms with E-state index in [-0.39, 0.29) is 0 Å². The molecule has 0 saturated carbocycles. The van der Waals surface area contributed by atoms with E-state index in [9.17, 15) is 0 Å². The average molecular weight is 353 g/mol. The predicted octanol–water partition coefficient (Wildman–Crippen LogP) is 5.23. The van der Waals surface area contributed by atoms with Crippen molar-refractivity contribution in [2.45, 2.75) is 32.9 Å². The van der Waals surface area contributed by atoms with Crippen LogP contribution in [0.3, 0.4) is 0 Å². The standard InChI is InChI=1S/C21H24N2OS/c1-4-16-8-10-17(11-9-16)15(2)22-13-19-14-25-21(23-19)18-6-5-7-20(12-18)24-3/h5-12,14-15,22H,4,13H2,1-3H3. The summed E-state index contributed by atoms with van der Waals surface area (Å²) in [5.74, 6) is 0.858. The number of methoxy groups -OCH3 is 1. The van der Waals surface area contributed by atoms with Gasteiger partial charge in [-0.15, -0.1) is 11.3 Å². The number of ether oxygens (including phenoxy) is 1. The number of hydrogen-bond acceptors (Lipinski definition) is 4. The zero-order chi connectivity index (χ0) is 17.6. The molecule has 0 spiro atoms. The molecule has 0 aliphatic carbocycles. The summed E-state index contributed by atoms with van der Waals surface area (Å²) in [7, 11) is 1.69. The van der Waals surface area contributed by atoms with Crippen LogP contribution in [0.25, 0.3) is 10.6 Å². The van der Waals surface area contributed by atoms with Crippen LogP contribution in [-0.2, 0) is 13.0 Å². The van der Waals surface area contributed by atoms with Crippen LogP contribution in [0.4, 0.5) is 0 Å². The normalized spacial score (nSPS) is 12.1. The van der Waals surface area contributed by atoms with Crippen LogP contribution in [0.5, 0.6) is 5.75 Å². The molecule has 1 atom stereocenters. The molecular weight excluding hydrogens is 328 g/mol. The molecule has 0 aliphatic heterocycles. The van der Waals surface area contributed by atoms with Gasteiger partial charge in [-0.05, 0) is 36.6 Å². The minimum absolute atomic E-state index is 0.299. The van der Waals surface area contributed by atoms with Crippen LogP contribution in [0.2, 0.25) is 0 Å². The van der Waals surface area contributed by atoms with E-state index in [1.54, 1.807) is 18.4 Å². The van der Waals surface area contributed by atoms with Gasteiger partial charge in [0.25, 0.3) is 0 Å². The SMILES string of the molecule is CCc1ccc(C(C)NCc2csc(-c3cccc(OC)c3)n2)cc1. The largest absolute Gasteiger partial charge is 0.497 e. The number of nitrogens with zero attached hydrogens (tertiary/aromatic N) is 1. The molecule has 3 rings (SSSR count). The average Bonchev–Trinajstić information content (AvgIpc) is 3.15. The highest BCUT2D eigenvalue weighted by molar-refractivity contribution is 7.13. The quantitative estimate of drug-likeness (QED) is 0.632. The Labute approximate surface area is 153 Å². The van der Waals surface area contributed by atoms with Crippen LogP contribution in [0.1, 0.15) is 36.7 Å². The highest BCUT2D eigenvalue weighted by Gasteiger charge is 2.09. The lowest BCUT2D eigenvalue weighted by molar-refractivity contribution is 0.415. The van der Waals surface area contributed by atoms with Gasteiger partial charge in [0.15, 0.2) is 0 Å². The zero-order valence-corrected chi connectivity index (χ0v) is 15.8. The molecule has 25 heavy (non-hydrogen) atoms. The lowest BCUT2D eigenvalue weighted by Gasteiger charge is -2.13. The molecule has 0 aliphatic rings. The molecule has 3 aromatic rings. The van der Waals surface area contributed by atoms with E-state index in [1.165, 1.54) is 11.1 Å². The molecule has 1 unspecified atom stereocenters. The van der Waals surface area contributed by atoms with Gasteiger partial charge in [-0.2, -0.15) is 0 Å². The number of aromatic nitrogens is 1. The van der Waals surface area contributed by atoms with Crippen molar-refractivity contribution in [1.29, 1.82) is 0 Å². The Balaban J connectivity index is 1.62. The van der Waals surface area contributed by atoms with E-state index in [1.807, 2.05) is 18.2 Å². The first kappa shape index (κ1) is 17.6. The summed E-state index contributed by atoms with van der Waals surface area (Å²) in [6.45, 7) is 5.13. The van der Waals surface area contributed by atoms with Crippen LogP contribution in [0, 0.1) is 0 Å². The number of hydrogen-bond donors (Lipinski definition) is 1. The molecule has 4 heteroatoms. The molecule has 3 nitrogen and oxygen atoms in total. The number of aryl methyl sites for hydroxylation is 1. The minimum atomic E-state index is 0.299. The summed E-state index contributed by atoms with van der Waals surface area (Å²) in [5, 5.41) is 6.70. The second kappa shape index (κ2) is 8.28. The van der Waals surface area contributed by atoms with Crippen molar-refractivity contribution in [1.82, 2.24) is 10.3 Å². The second-order valence-corrected chi connectivity index (χ2v) is 6.93. The molecule has 0 saturated heterocycles. The first-order chi connectivity index (χ1) is 12.2. The summed E-state index contributed by atoms with van der Waals surface area (Å²) >= 11 is 1.67. The summed E-state index contributed by atoms with van der Waals surface area (Å²) in [5.41, 5.74) is 4.84. The van der Waals surface area contributed by atoms with Crippen molar-refractivity contribution in [3.05, 3.63) is 70.7 Å². The van der Waals surface area contributed by atoms with Crippen molar-refractivity contribution in [2.75, 3.05) is 7.11 Å². The first-order valence-corrected chi connectivity index (χ1v) is 9.48. The van der Waals surface area contributed by atoms with Crippen molar-refractivity contribution >= 4 is 11.3 Å². The fraction of sp³-hybridized carbons (Fsp3) is 0.286. The number of benzene rings is 2. The van der Waals surface area contributed by atoms with Crippen LogP contribution in [-0.4, -0.2) is 12.1 Å². The maximum atomic E-state index is 5.29. The first-order valence-electron chi connectivity index (χ1n) is 8.60. The Bertz CT molecular complexity index is 811. The number of nitrogens with one attached hydrogen (secondary N) is 1. The van der Waals surface area contributed by atoms with E-state index in [4.69, 9.17) is 9.72 Å². The number of thiazole rings is 1. The van der Waals surface area contributed by atoms with Crippen molar-refractivity contribution < 1.29 is 4.74 Å². The minimum Gasteiger partial charge on any atom is -0.497 e. The van der Waals surface area contributed by atoms with Gasteiger partial charge >= 0.3 is 0 Å². The molecule has 1 aromatic heterocycles. The smallest absolute Gasteiger partial charge is 0.123 e. The molecule has 1 heterocycles. The van der Waals surface area contributed by atoms with E-state index in [2.05, 4.69) is 54.9 Å². The molecule has 0 radical (unpaired) electrons. The Morgan fingerprint density at radius 3 is 2.68 bits per heavy atom. The van der Waals surface area contributed by atoms with E-state index in [0.717, 1.165) is 35.0 Å². The Kier molecular flexibility index (Phi) is 5.84. The fourth-order valence-electron chi connectivity index (χ4n) is 2.69. The van der Waals surface area contributed by atoms with E-state index < -0.39 is 0 Å². The summed E-state index contributed by atoms with van der Waals surface area (Å²) in [4.78, 5) is 4.75. The summed E-state index contributed by atoms with van der Waals surface area (Å²) in [6, 6.07) is 17.2.